The standard InChI is InChI=1S/C4H2Br4S/c5-3(6)1-9-2-4(7)8/h1-2H. The summed E-state index contributed by atoms with van der Waals surface area (Å²) in [6, 6.07) is 0. The zero-order valence-corrected chi connectivity index (χ0v) is 11.2. The normalized spacial score (nSPS) is 8.44. The van der Waals surface area contributed by atoms with Gasteiger partial charge in [0.05, 0.1) is 6.78 Å². The van der Waals surface area contributed by atoms with Gasteiger partial charge in [0.2, 0.25) is 0 Å². The Kier molecular flexibility index (Phi) is 7.72. The van der Waals surface area contributed by atoms with E-state index in [0.29, 0.717) is 0 Å². The van der Waals surface area contributed by atoms with Crippen LogP contribution in [0.2, 0.25) is 0 Å². The molecule has 0 radical (unpaired) electrons. The predicted molar refractivity (Wildman–Crippen MR) is 59.5 cm³/mol. The van der Waals surface area contributed by atoms with E-state index in [2.05, 4.69) is 63.7 Å². The molecule has 52 valence electrons. The third kappa shape index (κ3) is 9.75. The summed E-state index contributed by atoms with van der Waals surface area (Å²) in [4.78, 5) is 0. The lowest BCUT2D eigenvalue weighted by atomic mass is 11.2. The Morgan fingerprint density at radius 2 is 1.22 bits per heavy atom. The minimum Gasteiger partial charge on any atom is -0.103 e. The summed E-state index contributed by atoms with van der Waals surface area (Å²) in [5.74, 6) is 0. The quantitative estimate of drug-likeness (QED) is 0.634. The first kappa shape index (κ1) is 10.8. The smallest absolute Gasteiger partial charge is 0.0670 e. The monoisotopic (exact) mass is 398 g/mol. The first-order valence-corrected chi connectivity index (χ1v) is 5.92. The first-order valence-electron chi connectivity index (χ1n) is 1.80. The van der Waals surface area contributed by atoms with Gasteiger partial charge in [-0.2, -0.15) is 0 Å². The highest BCUT2D eigenvalue weighted by Gasteiger charge is 1.81. The van der Waals surface area contributed by atoms with Crippen molar-refractivity contribution in [3.05, 3.63) is 17.6 Å². The highest BCUT2D eigenvalue weighted by atomic mass is 79.9. The molecular formula is C4H2Br4S. The van der Waals surface area contributed by atoms with Crippen molar-refractivity contribution in [1.82, 2.24) is 0 Å². The van der Waals surface area contributed by atoms with Crippen molar-refractivity contribution < 1.29 is 0 Å². The van der Waals surface area contributed by atoms with E-state index in [1.165, 1.54) is 0 Å². The zero-order chi connectivity index (χ0) is 7.28. The summed E-state index contributed by atoms with van der Waals surface area (Å²) in [7, 11) is 0. The molecule has 0 aliphatic carbocycles. The molecule has 0 aromatic carbocycles. The Hall–Kier alpha value is 1.75. The topological polar surface area (TPSA) is 0 Å². The molecule has 0 aliphatic rings. The molecule has 0 aliphatic heterocycles. The van der Waals surface area contributed by atoms with Gasteiger partial charge in [0.1, 0.15) is 0 Å². The lowest BCUT2D eigenvalue weighted by Crippen LogP contribution is -1.46. The Morgan fingerprint density at radius 1 is 0.889 bits per heavy atom. The molecule has 0 N–H and O–H groups in total. The van der Waals surface area contributed by atoms with E-state index in [-0.39, 0.29) is 0 Å². The van der Waals surface area contributed by atoms with Crippen molar-refractivity contribution in [3.8, 4) is 0 Å². The number of hydrogen-bond donors (Lipinski definition) is 0. The average Bonchev–Trinajstić information content (AvgIpc) is 1.63. The Balaban J connectivity index is 3.53. The van der Waals surface area contributed by atoms with Gasteiger partial charge in [-0.25, -0.2) is 0 Å². The maximum absolute atomic E-state index is 3.22. The summed E-state index contributed by atoms with van der Waals surface area (Å²) in [5, 5.41) is 3.84. The number of hydrogen-bond acceptors (Lipinski definition) is 1. The van der Waals surface area contributed by atoms with Gasteiger partial charge in [-0.3, -0.25) is 0 Å². The van der Waals surface area contributed by atoms with Gasteiger partial charge in [0.25, 0.3) is 0 Å². The molecule has 0 fully saturated rings. The molecule has 9 heavy (non-hydrogen) atoms. The second kappa shape index (κ2) is 6.46. The lowest BCUT2D eigenvalue weighted by molar-refractivity contribution is 2.46. The molecule has 0 aromatic rings. The van der Waals surface area contributed by atoms with E-state index in [4.69, 9.17) is 0 Å². The van der Waals surface area contributed by atoms with Gasteiger partial charge in [-0.1, -0.05) is 0 Å². The van der Waals surface area contributed by atoms with Gasteiger partial charge < -0.3 is 0 Å². The highest BCUT2D eigenvalue weighted by Crippen LogP contribution is 2.23. The predicted octanol–water partition coefficient (Wildman–Crippen LogP) is 4.90. The maximum atomic E-state index is 3.22. The number of rotatable bonds is 2. The van der Waals surface area contributed by atoms with Crippen LogP contribution in [0.25, 0.3) is 0 Å². The van der Waals surface area contributed by atoms with E-state index in [0.717, 1.165) is 6.78 Å². The van der Waals surface area contributed by atoms with Crippen molar-refractivity contribution in [1.29, 1.82) is 0 Å². The van der Waals surface area contributed by atoms with Crippen LogP contribution in [-0.4, -0.2) is 0 Å². The fourth-order valence-corrected chi connectivity index (χ4v) is 1.71. The van der Waals surface area contributed by atoms with E-state index in [9.17, 15) is 0 Å². The van der Waals surface area contributed by atoms with Crippen LogP contribution < -0.4 is 0 Å². The van der Waals surface area contributed by atoms with Crippen molar-refractivity contribution in [2.24, 2.45) is 0 Å². The van der Waals surface area contributed by atoms with Gasteiger partial charge in [-0.05, 0) is 74.5 Å². The Labute approximate surface area is 92.0 Å². The third-order valence-electron chi connectivity index (χ3n) is 0.314. The summed E-state index contributed by atoms with van der Waals surface area (Å²) in [5.41, 5.74) is 0. The summed E-state index contributed by atoms with van der Waals surface area (Å²) in [6.07, 6.45) is 0. The molecule has 0 atom stereocenters. The van der Waals surface area contributed by atoms with E-state index in [1.54, 1.807) is 11.8 Å². The molecule has 0 saturated heterocycles. The first-order chi connectivity index (χ1) is 4.13. The van der Waals surface area contributed by atoms with Crippen molar-refractivity contribution in [2.75, 3.05) is 0 Å². The van der Waals surface area contributed by atoms with E-state index >= 15 is 0 Å². The van der Waals surface area contributed by atoms with Gasteiger partial charge >= 0.3 is 0 Å². The zero-order valence-electron chi connectivity index (χ0n) is 4.07. The molecule has 0 bridgehead atoms. The molecule has 0 rings (SSSR count). The largest absolute Gasteiger partial charge is 0.103 e. The molecule has 0 saturated carbocycles. The van der Waals surface area contributed by atoms with E-state index in [1.807, 2.05) is 10.8 Å². The third-order valence-corrected chi connectivity index (χ3v) is 3.19. The second-order valence-corrected chi connectivity index (χ2v) is 7.24. The summed E-state index contributed by atoms with van der Waals surface area (Å²) < 4.78 is 1.88. The van der Waals surface area contributed by atoms with Crippen LogP contribution >= 0.6 is 75.5 Å². The van der Waals surface area contributed by atoms with Crippen LogP contribution in [0.5, 0.6) is 0 Å². The second-order valence-electron chi connectivity index (χ2n) is 0.951. The maximum Gasteiger partial charge on any atom is 0.0670 e. The van der Waals surface area contributed by atoms with Crippen LogP contribution in [-0.2, 0) is 0 Å². The minimum atomic E-state index is 0.942. The summed E-state index contributed by atoms with van der Waals surface area (Å²) >= 11 is 14.4. The van der Waals surface area contributed by atoms with Crippen LogP contribution in [0.3, 0.4) is 0 Å². The molecule has 0 aromatic heterocycles. The molecule has 5 heteroatoms. The minimum absolute atomic E-state index is 0.942. The molecule has 0 nitrogen and oxygen atoms in total. The summed E-state index contributed by atoms with van der Waals surface area (Å²) in [6.45, 7) is 0. The molecule has 0 heterocycles. The van der Waals surface area contributed by atoms with Crippen LogP contribution in [0.15, 0.2) is 17.6 Å². The van der Waals surface area contributed by atoms with Crippen molar-refractivity contribution >= 4 is 75.5 Å². The fraction of sp³-hybridized carbons (Fsp3) is 0. The SMILES string of the molecule is BrC(Br)=CSC=C(Br)Br. The molecule has 0 amide bonds. The van der Waals surface area contributed by atoms with Crippen LogP contribution in [0.1, 0.15) is 0 Å². The van der Waals surface area contributed by atoms with E-state index < -0.39 is 0 Å². The van der Waals surface area contributed by atoms with Crippen molar-refractivity contribution in [2.45, 2.75) is 0 Å². The van der Waals surface area contributed by atoms with Gasteiger partial charge in [0.15, 0.2) is 0 Å². The molecule has 0 spiro atoms. The average molecular weight is 402 g/mol. The lowest BCUT2D eigenvalue weighted by Gasteiger charge is -1.82. The van der Waals surface area contributed by atoms with Gasteiger partial charge in [-0.15, -0.1) is 11.8 Å². The Morgan fingerprint density at radius 3 is 1.44 bits per heavy atom. The molecule has 0 unspecified atom stereocenters. The highest BCUT2D eigenvalue weighted by molar-refractivity contribution is 9.28. The number of thioether (sulfide) groups is 1. The van der Waals surface area contributed by atoms with Crippen LogP contribution in [0.4, 0.5) is 0 Å². The molecular weight excluding hydrogens is 400 g/mol. The fourth-order valence-electron chi connectivity index (χ4n) is 0.137. The number of halogens is 4. The van der Waals surface area contributed by atoms with Crippen LogP contribution in [0, 0.1) is 0 Å². The Bertz CT molecular complexity index is 116. The van der Waals surface area contributed by atoms with Gasteiger partial charge in [0, 0.05) is 0 Å². The van der Waals surface area contributed by atoms with Crippen molar-refractivity contribution in [3.63, 3.8) is 0 Å².